The van der Waals surface area contributed by atoms with Gasteiger partial charge in [0.05, 0.1) is 12.9 Å². The van der Waals surface area contributed by atoms with Crippen LogP contribution < -0.4 is 5.73 Å². The van der Waals surface area contributed by atoms with Crippen molar-refractivity contribution in [2.75, 3.05) is 5.73 Å². The molecule has 2 aliphatic heterocycles. The van der Waals surface area contributed by atoms with Crippen LogP contribution >= 0.6 is 23.2 Å². The Kier molecular flexibility index (Phi) is 4.07. The quantitative estimate of drug-likeness (QED) is 0.618. The summed E-state index contributed by atoms with van der Waals surface area (Å²) in [6.45, 7) is 0.488. The van der Waals surface area contributed by atoms with E-state index in [1.165, 1.54) is 32.1 Å². The van der Waals surface area contributed by atoms with Gasteiger partial charge in [-0.25, -0.2) is 15.0 Å². The number of nitrogen functional groups attached to an aromatic ring is 1. The largest absolute Gasteiger partial charge is 0.382 e. The number of imidazole rings is 1. The average Bonchev–Trinajstić information content (AvgIpc) is 3.12. The summed E-state index contributed by atoms with van der Waals surface area (Å²) in [4.78, 5) is 14.3. The molecule has 2 heterocycles. The molecule has 0 saturated heterocycles. The number of hydrogen-bond donors (Lipinski definition) is 1. The number of hydrogen-bond acceptors (Lipinski definition) is 4. The number of anilines is 1. The summed E-state index contributed by atoms with van der Waals surface area (Å²) in [5, 5.41) is 1.27. The maximum absolute atomic E-state index is 6.39. The van der Waals surface area contributed by atoms with Crippen LogP contribution in [0.3, 0.4) is 0 Å². The van der Waals surface area contributed by atoms with Crippen LogP contribution in [0.4, 0.5) is 5.82 Å². The van der Waals surface area contributed by atoms with Crippen molar-refractivity contribution in [1.82, 2.24) is 19.5 Å². The molecule has 150 valence electrons. The van der Waals surface area contributed by atoms with Gasteiger partial charge in [0.15, 0.2) is 17.3 Å². The van der Waals surface area contributed by atoms with Crippen LogP contribution in [0.1, 0.15) is 49.4 Å². The molecule has 4 aliphatic carbocycles. The number of nitrogens with zero attached hydrogens (tertiary/aromatic N) is 4. The Labute approximate surface area is 180 Å². The zero-order valence-corrected chi connectivity index (χ0v) is 17.6. The molecule has 4 bridgehead atoms. The zero-order chi connectivity index (χ0) is 19.7. The van der Waals surface area contributed by atoms with Gasteiger partial charge in [-0.3, -0.25) is 0 Å². The van der Waals surface area contributed by atoms with E-state index in [0.717, 1.165) is 40.9 Å². The normalized spacial score (nSPS) is 30.3. The van der Waals surface area contributed by atoms with E-state index in [9.17, 15) is 0 Å². The second kappa shape index (κ2) is 6.58. The van der Waals surface area contributed by atoms with Gasteiger partial charge in [0.1, 0.15) is 5.82 Å². The van der Waals surface area contributed by atoms with E-state index in [-0.39, 0.29) is 0 Å². The molecular formula is C22H23Cl2N5. The first-order valence-electron chi connectivity index (χ1n) is 10.5. The highest BCUT2D eigenvalue weighted by molar-refractivity contribution is 6.35. The second-order valence-corrected chi connectivity index (χ2v) is 9.98. The first-order chi connectivity index (χ1) is 14.1. The predicted molar refractivity (Wildman–Crippen MR) is 114 cm³/mol. The third-order valence-electron chi connectivity index (χ3n) is 7.42. The molecule has 0 radical (unpaired) electrons. The molecule has 1 aromatic carbocycles. The highest BCUT2D eigenvalue weighted by Crippen LogP contribution is 2.59. The minimum atomic E-state index is 0.434. The molecular weight excluding hydrogens is 405 g/mol. The molecule has 0 atom stereocenters. The Morgan fingerprint density at radius 3 is 2.28 bits per heavy atom. The number of benzene rings is 1. The number of rotatable bonds is 3. The minimum absolute atomic E-state index is 0.434. The van der Waals surface area contributed by atoms with Crippen LogP contribution in [0.2, 0.25) is 10.0 Å². The van der Waals surface area contributed by atoms with Gasteiger partial charge in [-0.1, -0.05) is 29.3 Å². The standard InChI is InChI=1S/C22H23Cl2N5/c23-16-2-1-3-17(24)15(16)9-29-10-26-20(25)19-22(29)28-21(27-19)18-13-5-11-4-12(7-13)8-14(18)6-11/h1-3,10-14,18H,4-9,25H2. The van der Waals surface area contributed by atoms with Gasteiger partial charge >= 0.3 is 0 Å². The van der Waals surface area contributed by atoms with E-state index < -0.39 is 0 Å². The van der Waals surface area contributed by atoms with E-state index in [4.69, 9.17) is 38.9 Å². The van der Waals surface area contributed by atoms with Gasteiger partial charge in [0.25, 0.3) is 0 Å². The maximum atomic E-state index is 6.39. The summed E-state index contributed by atoms with van der Waals surface area (Å²) in [6.07, 6.45) is 8.51. The highest BCUT2D eigenvalue weighted by Gasteiger charge is 2.50. The van der Waals surface area contributed by atoms with E-state index in [1.54, 1.807) is 6.33 Å². The third kappa shape index (κ3) is 2.85. The van der Waals surface area contributed by atoms with Crippen molar-refractivity contribution in [2.45, 2.75) is 44.6 Å². The van der Waals surface area contributed by atoms with Gasteiger partial charge < -0.3 is 10.3 Å². The van der Waals surface area contributed by atoms with Crippen LogP contribution in [0.5, 0.6) is 0 Å². The lowest BCUT2D eigenvalue weighted by molar-refractivity contribution is -0.00532. The van der Waals surface area contributed by atoms with E-state index in [1.807, 2.05) is 22.8 Å². The Morgan fingerprint density at radius 2 is 1.62 bits per heavy atom. The maximum Gasteiger partial charge on any atom is 0.166 e. The van der Waals surface area contributed by atoms with Gasteiger partial charge in [-0.05, 0) is 67.9 Å². The minimum Gasteiger partial charge on any atom is -0.382 e. The summed E-state index contributed by atoms with van der Waals surface area (Å²) in [5.74, 6) is 5.95. The molecule has 4 saturated carbocycles. The lowest BCUT2D eigenvalue weighted by Crippen LogP contribution is -2.44. The highest BCUT2D eigenvalue weighted by atomic mass is 35.5. The van der Waals surface area contributed by atoms with Crippen LogP contribution in [-0.4, -0.2) is 19.5 Å². The molecule has 0 aromatic heterocycles. The SMILES string of the molecule is Nc1ncn(Cc2c(Cl)cccc2Cl)c2nc(C3C4CC5CC(C4)CC3C5)nc1-2. The van der Waals surface area contributed by atoms with E-state index >= 15 is 0 Å². The molecule has 29 heavy (non-hydrogen) atoms. The molecule has 7 rings (SSSR count). The van der Waals surface area contributed by atoms with Crippen LogP contribution in [0, 0.1) is 23.7 Å². The van der Waals surface area contributed by atoms with Crippen LogP contribution in [0.25, 0.3) is 11.5 Å². The van der Waals surface area contributed by atoms with Crippen molar-refractivity contribution in [3.05, 3.63) is 46.0 Å². The fourth-order valence-corrected chi connectivity index (χ4v) is 6.95. The molecule has 2 N–H and O–H groups in total. The first kappa shape index (κ1) is 18.0. The summed E-state index contributed by atoms with van der Waals surface area (Å²) in [6, 6.07) is 5.55. The van der Waals surface area contributed by atoms with Crippen molar-refractivity contribution in [3.63, 3.8) is 0 Å². The summed E-state index contributed by atoms with van der Waals surface area (Å²) < 4.78 is 1.96. The molecule has 6 aliphatic rings. The lowest BCUT2D eigenvalue weighted by atomic mass is 9.52. The van der Waals surface area contributed by atoms with Gasteiger partial charge in [0.2, 0.25) is 0 Å². The van der Waals surface area contributed by atoms with Crippen LogP contribution in [0.15, 0.2) is 24.5 Å². The monoisotopic (exact) mass is 427 g/mol. The van der Waals surface area contributed by atoms with Crippen molar-refractivity contribution in [2.24, 2.45) is 23.7 Å². The predicted octanol–water partition coefficient (Wildman–Crippen LogP) is 5.25. The Bertz CT molecular complexity index is 1010. The summed E-state index contributed by atoms with van der Waals surface area (Å²) >= 11 is 12.8. The zero-order valence-electron chi connectivity index (χ0n) is 16.1. The third-order valence-corrected chi connectivity index (χ3v) is 8.13. The summed E-state index contributed by atoms with van der Waals surface area (Å²) in [7, 11) is 0. The number of halogens is 2. The molecule has 0 spiro atoms. The molecule has 5 nitrogen and oxygen atoms in total. The Hall–Kier alpha value is -1.85. The molecule has 4 fully saturated rings. The van der Waals surface area contributed by atoms with Gasteiger partial charge in [-0.15, -0.1) is 0 Å². The molecule has 7 heteroatoms. The average molecular weight is 428 g/mol. The number of nitrogens with two attached hydrogens (primary N) is 1. The smallest absolute Gasteiger partial charge is 0.166 e. The first-order valence-corrected chi connectivity index (χ1v) is 11.2. The fourth-order valence-electron chi connectivity index (χ4n) is 6.44. The van der Waals surface area contributed by atoms with Gasteiger partial charge in [-0.2, -0.15) is 0 Å². The number of aromatic nitrogens is 4. The van der Waals surface area contributed by atoms with E-state index in [2.05, 4.69) is 4.98 Å². The van der Waals surface area contributed by atoms with Crippen LogP contribution in [-0.2, 0) is 6.54 Å². The topological polar surface area (TPSA) is 69.6 Å². The van der Waals surface area contributed by atoms with Crippen molar-refractivity contribution in [3.8, 4) is 11.5 Å². The lowest BCUT2D eigenvalue weighted by Gasteiger charge is -2.53. The van der Waals surface area contributed by atoms with Crippen molar-refractivity contribution >= 4 is 29.0 Å². The summed E-state index contributed by atoms with van der Waals surface area (Å²) in [5.41, 5.74) is 7.74. The van der Waals surface area contributed by atoms with E-state index in [0.29, 0.717) is 34.0 Å². The number of fused-ring (bicyclic) bond motifs is 1. The molecule has 0 unspecified atom stereocenters. The Morgan fingerprint density at radius 1 is 0.966 bits per heavy atom. The Balaban J connectivity index is 1.41. The van der Waals surface area contributed by atoms with Crippen molar-refractivity contribution < 1.29 is 0 Å². The second-order valence-electron chi connectivity index (χ2n) is 9.17. The molecule has 0 amide bonds. The fraction of sp³-hybridized carbons (Fsp3) is 0.500. The van der Waals surface area contributed by atoms with Crippen molar-refractivity contribution in [1.29, 1.82) is 0 Å². The molecule has 1 aromatic rings. The van der Waals surface area contributed by atoms with Gasteiger partial charge in [0, 0.05) is 21.5 Å².